The van der Waals surface area contributed by atoms with E-state index in [-0.39, 0.29) is 12.0 Å². The van der Waals surface area contributed by atoms with Crippen LogP contribution < -0.4 is 4.74 Å². The Labute approximate surface area is 136 Å². The molecule has 1 aliphatic rings. The summed E-state index contributed by atoms with van der Waals surface area (Å²) in [7, 11) is 0. The Morgan fingerprint density at radius 2 is 2.13 bits per heavy atom. The zero-order valence-corrected chi connectivity index (χ0v) is 13.6. The van der Waals surface area contributed by atoms with Crippen molar-refractivity contribution in [2.75, 3.05) is 13.1 Å². The van der Waals surface area contributed by atoms with Gasteiger partial charge in [0.2, 0.25) is 5.91 Å². The number of aryl methyl sites for hydroxylation is 2. The van der Waals surface area contributed by atoms with Gasteiger partial charge in [0.05, 0.1) is 12.2 Å². The van der Waals surface area contributed by atoms with Gasteiger partial charge in [-0.1, -0.05) is 23.4 Å². The molecule has 1 aromatic carbocycles. The molecule has 5 heteroatoms. The third-order valence-electron chi connectivity index (χ3n) is 4.31. The number of ether oxygens (including phenoxy) is 1. The summed E-state index contributed by atoms with van der Waals surface area (Å²) in [5.74, 6) is 1.84. The molecular weight excluding hydrogens is 292 g/mol. The molecule has 1 saturated heterocycles. The number of rotatable bonds is 5. The molecule has 0 radical (unpaired) electrons. The fraction of sp³-hybridized carbons (Fsp3) is 0.444. The van der Waals surface area contributed by atoms with Crippen molar-refractivity contribution in [3.8, 4) is 5.75 Å². The van der Waals surface area contributed by atoms with Gasteiger partial charge in [-0.3, -0.25) is 4.79 Å². The van der Waals surface area contributed by atoms with Gasteiger partial charge in [-0.2, -0.15) is 0 Å². The zero-order valence-electron chi connectivity index (χ0n) is 13.6. The van der Waals surface area contributed by atoms with Gasteiger partial charge in [0.25, 0.3) is 0 Å². The first-order chi connectivity index (χ1) is 11.1. The van der Waals surface area contributed by atoms with Crippen molar-refractivity contribution >= 4 is 5.91 Å². The van der Waals surface area contributed by atoms with Crippen LogP contribution in [0.4, 0.5) is 0 Å². The van der Waals surface area contributed by atoms with E-state index in [2.05, 4.69) is 5.16 Å². The zero-order chi connectivity index (χ0) is 16.2. The first kappa shape index (κ1) is 15.6. The van der Waals surface area contributed by atoms with Gasteiger partial charge in [0.1, 0.15) is 17.6 Å². The quantitative estimate of drug-likeness (QED) is 0.851. The van der Waals surface area contributed by atoms with Gasteiger partial charge >= 0.3 is 0 Å². The molecule has 122 valence electrons. The van der Waals surface area contributed by atoms with E-state index >= 15 is 0 Å². The lowest BCUT2D eigenvalue weighted by Crippen LogP contribution is -2.31. The summed E-state index contributed by atoms with van der Waals surface area (Å²) in [4.78, 5) is 14.3. The van der Waals surface area contributed by atoms with Gasteiger partial charge in [0.15, 0.2) is 0 Å². The second kappa shape index (κ2) is 6.86. The number of aromatic nitrogens is 1. The molecule has 1 aromatic heterocycles. The molecule has 1 fully saturated rings. The average Bonchev–Trinajstić information content (AvgIpc) is 3.14. The highest BCUT2D eigenvalue weighted by atomic mass is 16.5. The highest BCUT2D eigenvalue weighted by Crippen LogP contribution is 2.20. The van der Waals surface area contributed by atoms with E-state index in [0.29, 0.717) is 19.4 Å². The van der Waals surface area contributed by atoms with E-state index in [0.717, 1.165) is 35.7 Å². The van der Waals surface area contributed by atoms with Crippen molar-refractivity contribution in [2.24, 2.45) is 0 Å². The summed E-state index contributed by atoms with van der Waals surface area (Å²) < 4.78 is 11.1. The molecule has 0 aliphatic carbocycles. The minimum atomic E-state index is 0.0837. The Bertz CT molecular complexity index is 647. The molecule has 2 heterocycles. The second-order valence-corrected chi connectivity index (χ2v) is 5.98. The van der Waals surface area contributed by atoms with Crippen molar-refractivity contribution in [1.82, 2.24) is 10.1 Å². The maximum atomic E-state index is 12.4. The van der Waals surface area contributed by atoms with E-state index < -0.39 is 0 Å². The fourth-order valence-electron chi connectivity index (χ4n) is 2.99. The Kier molecular flexibility index (Phi) is 4.65. The number of hydrogen-bond acceptors (Lipinski definition) is 4. The van der Waals surface area contributed by atoms with Gasteiger partial charge in [-0.15, -0.1) is 0 Å². The summed E-state index contributed by atoms with van der Waals surface area (Å²) in [6, 6.07) is 9.77. The molecule has 23 heavy (non-hydrogen) atoms. The minimum Gasteiger partial charge on any atom is -0.489 e. The maximum absolute atomic E-state index is 12.4. The van der Waals surface area contributed by atoms with E-state index in [1.165, 1.54) is 0 Å². The number of para-hydroxylation sites is 1. The molecule has 1 aliphatic heterocycles. The van der Waals surface area contributed by atoms with Crippen LogP contribution in [0.1, 0.15) is 29.9 Å². The molecule has 0 N–H and O–H groups in total. The molecular formula is C18H22N2O3. The van der Waals surface area contributed by atoms with Gasteiger partial charge < -0.3 is 14.2 Å². The molecule has 1 atom stereocenters. The number of hydrogen-bond donors (Lipinski definition) is 0. The molecule has 5 nitrogen and oxygen atoms in total. The Balaban J connectivity index is 1.49. The van der Waals surface area contributed by atoms with Crippen LogP contribution in [0.15, 0.2) is 34.9 Å². The lowest BCUT2D eigenvalue weighted by Gasteiger charge is -2.17. The van der Waals surface area contributed by atoms with Crippen LogP contribution in [0, 0.1) is 13.8 Å². The molecule has 0 bridgehead atoms. The predicted octanol–water partition coefficient (Wildman–Crippen LogP) is 2.90. The third-order valence-corrected chi connectivity index (χ3v) is 4.31. The van der Waals surface area contributed by atoms with E-state index in [1.54, 1.807) is 0 Å². The largest absolute Gasteiger partial charge is 0.489 e. The predicted molar refractivity (Wildman–Crippen MR) is 86.4 cm³/mol. The van der Waals surface area contributed by atoms with Crippen molar-refractivity contribution in [2.45, 2.75) is 39.2 Å². The third kappa shape index (κ3) is 3.73. The number of amides is 1. The number of nitrogens with zero attached hydrogens (tertiary/aromatic N) is 2. The minimum absolute atomic E-state index is 0.0837. The lowest BCUT2D eigenvalue weighted by atomic mass is 10.1. The molecule has 3 rings (SSSR count). The average molecular weight is 314 g/mol. The summed E-state index contributed by atoms with van der Waals surface area (Å²) in [6.07, 6.45) is 2.13. The number of carbonyl (C=O) groups is 1. The number of benzene rings is 1. The first-order valence-electron chi connectivity index (χ1n) is 8.04. The maximum Gasteiger partial charge on any atom is 0.223 e. The molecule has 1 unspecified atom stereocenters. The second-order valence-electron chi connectivity index (χ2n) is 5.98. The van der Waals surface area contributed by atoms with Crippen LogP contribution in [-0.4, -0.2) is 35.2 Å². The standard InChI is InChI=1S/C18H22N2O3/c1-13-17(14(2)23-19-13)8-9-18(21)20-11-10-16(12-20)22-15-6-4-3-5-7-15/h3-7,16H,8-12H2,1-2H3. The monoisotopic (exact) mass is 314 g/mol. The summed E-state index contributed by atoms with van der Waals surface area (Å²) in [5, 5.41) is 3.93. The smallest absolute Gasteiger partial charge is 0.223 e. The summed E-state index contributed by atoms with van der Waals surface area (Å²) >= 11 is 0. The topological polar surface area (TPSA) is 55.6 Å². The van der Waals surface area contributed by atoms with Crippen LogP contribution in [0.2, 0.25) is 0 Å². The van der Waals surface area contributed by atoms with Crippen molar-refractivity contribution in [1.29, 1.82) is 0 Å². The molecule has 2 aromatic rings. The van der Waals surface area contributed by atoms with E-state index in [1.807, 2.05) is 49.1 Å². The molecule has 0 spiro atoms. The van der Waals surface area contributed by atoms with Gasteiger partial charge in [0, 0.05) is 24.9 Å². The normalized spacial score (nSPS) is 17.5. The SMILES string of the molecule is Cc1noc(C)c1CCC(=O)N1CCC(Oc2ccccc2)C1. The number of likely N-dealkylation sites (tertiary alicyclic amines) is 1. The highest BCUT2D eigenvalue weighted by molar-refractivity contribution is 5.76. The van der Waals surface area contributed by atoms with Gasteiger partial charge in [-0.05, 0) is 32.4 Å². The van der Waals surface area contributed by atoms with Crippen LogP contribution in [0.25, 0.3) is 0 Å². The van der Waals surface area contributed by atoms with Crippen LogP contribution in [0.5, 0.6) is 5.75 Å². The first-order valence-corrected chi connectivity index (χ1v) is 8.04. The Morgan fingerprint density at radius 1 is 1.35 bits per heavy atom. The van der Waals surface area contributed by atoms with E-state index in [9.17, 15) is 4.79 Å². The number of carbonyl (C=O) groups excluding carboxylic acids is 1. The fourth-order valence-corrected chi connectivity index (χ4v) is 2.99. The highest BCUT2D eigenvalue weighted by Gasteiger charge is 2.27. The van der Waals surface area contributed by atoms with E-state index in [4.69, 9.17) is 9.26 Å². The summed E-state index contributed by atoms with van der Waals surface area (Å²) in [5.41, 5.74) is 1.93. The van der Waals surface area contributed by atoms with Crippen LogP contribution in [-0.2, 0) is 11.2 Å². The lowest BCUT2D eigenvalue weighted by molar-refractivity contribution is -0.130. The Hall–Kier alpha value is -2.30. The van der Waals surface area contributed by atoms with Crippen molar-refractivity contribution in [3.63, 3.8) is 0 Å². The van der Waals surface area contributed by atoms with Crippen LogP contribution >= 0.6 is 0 Å². The molecule has 1 amide bonds. The van der Waals surface area contributed by atoms with Gasteiger partial charge in [-0.25, -0.2) is 0 Å². The molecule has 0 saturated carbocycles. The van der Waals surface area contributed by atoms with Crippen molar-refractivity contribution in [3.05, 3.63) is 47.3 Å². The summed E-state index contributed by atoms with van der Waals surface area (Å²) in [6.45, 7) is 5.22. The van der Waals surface area contributed by atoms with Crippen molar-refractivity contribution < 1.29 is 14.1 Å². The Morgan fingerprint density at radius 3 is 2.83 bits per heavy atom. The van der Waals surface area contributed by atoms with Crippen LogP contribution in [0.3, 0.4) is 0 Å².